The molecule has 0 spiro atoms. The van der Waals surface area contributed by atoms with E-state index >= 15 is 0 Å². The van der Waals surface area contributed by atoms with Gasteiger partial charge < -0.3 is 19.9 Å². The molecule has 0 aromatic heterocycles. The molecule has 2 aromatic rings. The third-order valence-electron chi connectivity index (χ3n) is 4.31. The van der Waals surface area contributed by atoms with Gasteiger partial charge >= 0.3 is 0 Å². The van der Waals surface area contributed by atoms with E-state index in [-0.39, 0.29) is 22.4 Å². The summed E-state index contributed by atoms with van der Waals surface area (Å²) in [6, 6.07) is 7.41. The molecule has 2 N–H and O–H groups in total. The van der Waals surface area contributed by atoms with Crippen molar-refractivity contribution in [3.05, 3.63) is 47.0 Å². The monoisotopic (exact) mass is 398 g/mol. The largest absolute Gasteiger partial charge is 0.490 e. The van der Waals surface area contributed by atoms with E-state index in [1.54, 1.807) is 19.9 Å². The van der Waals surface area contributed by atoms with E-state index in [0.29, 0.717) is 42.0 Å². The van der Waals surface area contributed by atoms with Crippen molar-refractivity contribution in [2.75, 3.05) is 25.6 Å². The highest BCUT2D eigenvalue weighted by Gasteiger charge is 2.42. The second-order valence-corrected chi connectivity index (χ2v) is 6.12. The minimum atomic E-state index is -0.791. The van der Waals surface area contributed by atoms with Gasteiger partial charge in [0.25, 0.3) is 17.7 Å². The van der Waals surface area contributed by atoms with Crippen LogP contribution < -0.4 is 19.9 Å². The van der Waals surface area contributed by atoms with E-state index in [4.69, 9.17) is 19.9 Å². The smallest absolute Gasteiger partial charge is 0.270 e. The van der Waals surface area contributed by atoms with Gasteiger partial charge in [-0.05, 0) is 45.0 Å². The highest BCUT2D eigenvalue weighted by molar-refractivity contribution is 6.32. The van der Waals surface area contributed by atoms with Gasteiger partial charge in [-0.25, -0.2) is 4.90 Å². The summed E-state index contributed by atoms with van der Waals surface area (Å²) in [6.45, 7) is 6.41. The molecule has 3 rings (SSSR count). The molecule has 0 radical (unpaired) electrons. The molecule has 29 heavy (non-hydrogen) atoms. The fourth-order valence-corrected chi connectivity index (χ4v) is 3.14. The summed E-state index contributed by atoms with van der Waals surface area (Å²) in [7, 11) is 0. The van der Waals surface area contributed by atoms with Crippen molar-refractivity contribution in [3.63, 3.8) is 0 Å². The Hall–Kier alpha value is -3.55. The van der Waals surface area contributed by atoms with Crippen LogP contribution in [0.3, 0.4) is 0 Å². The third kappa shape index (κ3) is 3.49. The molecule has 152 valence electrons. The van der Waals surface area contributed by atoms with E-state index in [0.717, 1.165) is 0 Å². The molecule has 3 amide bonds. The SMILES string of the molecule is CCOc1cc(C(=O)N2C(=O)c3cccc(N)c3C2=O)cc(OCC)c1OCC. The maximum atomic E-state index is 13.1. The predicted molar refractivity (Wildman–Crippen MR) is 106 cm³/mol. The van der Waals surface area contributed by atoms with Crippen LogP contribution in [0.4, 0.5) is 5.69 Å². The molecule has 0 unspecified atom stereocenters. The van der Waals surface area contributed by atoms with Crippen LogP contribution in [-0.4, -0.2) is 42.4 Å². The fraction of sp³-hybridized carbons (Fsp3) is 0.286. The van der Waals surface area contributed by atoms with Crippen molar-refractivity contribution in [1.82, 2.24) is 4.90 Å². The molecule has 8 heteroatoms. The highest BCUT2D eigenvalue weighted by atomic mass is 16.5. The summed E-state index contributed by atoms with van der Waals surface area (Å²) >= 11 is 0. The maximum Gasteiger partial charge on any atom is 0.270 e. The normalized spacial score (nSPS) is 12.7. The molecule has 0 bridgehead atoms. The van der Waals surface area contributed by atoms with Crippen LogP contribution in [0.5, 0.6) is 17.2 Å². The molecular weight excluding hydrogens is 376 g/mol. The fourth-order valence-electron chi connectivity index (χ4n) is 3.14. The van der Waals surface area contributed by atoms with E-state index in [9.17, 15) is 14.4 Å². The molecule has 0 atom stereocenters. The molecule has 1 heterocycles. The first-order chi connectivity index (χ1) is 13.9. The highest BCUT2D eigenvalue weighted by Crippen LogP contribution is 2.40. The minimum absolute atomic E-state index is 0.0341. The average Bonchev–Trinajstić information content (AvgIpc) is 2.95. The number of carbonyl (C=O) groups is 3. The number of benzene rings is 2. The van der Waals surface area contributed by atoms with E-state index in [1.165, 1.54) is 24.3 Å². The Kier molecular flexibility index (Phi) is 5.72. The maximum absolute atomic E-state index is 13.1. The summed E-state index contributed by atoms with van der Waals surface area (Å²) in [5.41, 5.74) is 6.18. The minimum Gasteiger partial charge on any atom is -0.490 e. The predicted octanol–water partition coefficient (Wildman–Crippen LogP) is 2.90. The number of rotatable bonds is 7. The number of imide groups is 3. The lowest BCUT2D eigenvalue weighted by atomic mass is 10.1. The third-order valence-corrected chi connectivity index (χ3v) is 4.31. The molecule has 0 aliphatic carbocycles. The lowest BCUT2D eigenvalue weighted by Gasteiger charge is -2.18. The topological polar surface area (TPSA) is 108 Å². The van der Waals surface area contributed by atoms with Gasteiger partial charge in [0.15, 0.2) is 11.5 Å². The number of hydrogen-bond acceptors (Lipinski definition) is 7. The first-order valence-electron chi connectivity index (χ1n) is 9.32. The Morgan fingerprint density at radius 3 is 2.03 bits per heavy atom. The summed E-state index contributed by atoms with van der Waals surface area (Å²) in [5.74, 6) is -1.32. The van der Waals surface area contributed by atoms with E-state index < -0.39 is 17.7 Å². The van der Waals surface area contributed by atoms with E-state index in [2.05, 4.69) is 0 Å². The molecule has 1 aliphatic rings. The molecule has 1 aliphatic heterocycles. The number of nitrogen functional groups attached to an aromatic ring is 1. The molecular formula is C21H22N2O6. The van der Waals surface area contributed by atoms with Crippen LogP contribution in [0, 0.1) is 0 Å². The van der Waals surface area contributed by atoms with Crippen molar-refractivity contribution in [3.8, 4) is 17.2 Å². The zero-order chi connectivity index (χ0) is 21.1. The Bertz CT molecular complexity index is 958. The lowest BCUT2D eigenvalue weighted by Crippen LogP contribution is -2.36. The number of fused-ring (bicyclic) bond motifs is 1. The summed E-state index contributed by atoms with van der Waals surface area (Å²) in [4.78, 5) is 39.2. The van der Waals surface area contributed by atoms with Crippen molar-refractivity contribution in [1.29, 1.82) is 0 Å². The zero-order valence-electron chi connectivity index (χ0n) is 16.5. The average molecular weight is 398 g/mol. The molecule has 0 fully saturated rings. The van der Waals surface area contributed by atoms with Crippen molar-refractivity contribution in [2.45, 2.75) is 20.8 Å². The number of nitrogens with zero attached hydrogens (tertiary/aromatic N) is 1. The van der Waals surface area contributed by atoms with Gasteiger partial charge in [-0.1, -0.05) is 6.07 Å². The van der Waals surface area contributed by atoms with Crippen LogP contribution in [0.1, 0.15) is 51.8 Å². The van der Waals surface area contributed by atoms with Crippen LogP contribution in [0.2, 0.25) is 0 Å². The number of carbonyl (C=O) groups excluding carboxylic acids is 3. The second kappa shape index (κ2) is 8.22. The number of amides is 3. The van der Waals surface area contributed by atoms with Crippen molar-refractivity contribution >= 4 is 23.4 Å². The molecule has 2 aromatic carbocycles. The molecule has 0 saturated carbocycles. The second-order valence-electron chi connectivity index (χ2n) is 6.12. The first-order valence-corrected chi connectivity index (χ1v) is 9.32. The molecule has 8 nitrogen and oxygen atoms in total. The van der Waals surface area contributed by atoms with Gasteiger partial charge in [-0.15, -0.1) is 0 Å². The number of nitrogens with two attached hydrogens (primary N) is 1. The Morgan fingerprint density at radius 1 is 0.931 bits per heavy atom. The van der Waals surface area contributed by atoms with Crippen molar-refractivity contribution < 1.29 is 28.6 Å². The Labute approximate surface area is 168 Å². The van der Waals surface area contributed by atoms with Gasteiger partial charge in [0.05, 0.1) is 30.9 Å². The summed E-state index contributed by atoms with van der Waals surface area (Å²) < 4.78 is 16.8. The number of hydrogen-bond donors (Lipinski definition) is 1. The van der Waals surface area contributed by atoms with Crippen molar-refractivity contribution in [2.24, 2.45) is 0 Å². The van der Waals surface area contributed by atoms with Crippen LogP contribution in [0.25, 0.3) is 0 Å². The summed E-state index contributed by atoms with van der Waals surface area (Å²) in [5, 5.41) is 0. The van der Waals surface area contributed by atoms with E-state index in [1.807, 2.05) is 6.92 Å². The summed E-state index contributed by atoms with van der Waals surface area (Å²) in [6.07, 6.45) is 0. The van der Waals surface area contributed by atoms with Gasteiger partial charge in [0, 0.05) is 11.3 Å². The zero-order valence-corrected chi connectivity index (χ0v) is 16.5. The van der Waals surface area contributed by atoms with Crippen LogP contribution in [-0.2, 0) is 0 Å². The Morgan fingerprint density at radius 2 is 1.52 bits per heavy atom. The standard InChI is InChI=1S/C21H22N2O6/c1-4-27-15-10-12(11-16(28-5-2)18(15)29-6-3)19(24)23-20(25)13-8-7-9-14(22)17(13)21(23)26/h7-11H,4-6,22H2,1-3H3. The van der Waals surface area contributed by atoms with Crippen LogP contribution in [0.15, 0.2) is 30.3 Å². The first kappa shape index (κ1) is 20.2. The number of anilines is 1. The lowest BCUT2D eigenvalue weighted by molar-refractivity contribution is 0.0565. The van der Waals surface area contributed by atoms with Crippen LogP contribution >= 0.6 is 0 Å². The number of ether oxygens (including phenoxy) is 3. The quantitative estimate of drug-likeness (QED) is 0.564. The van der Waals surface area contributed by atoms with Gasteiger partial charge in [-0.2, -0.15) is 0 Å². The molecule has 0 saturated heterocycles. The Balaban J connectivity index is 2.06. The van der Waals surface area contributed by atoms with Gasteiger partial charge in [0.2, 0.25) is 5.75 Å². The van der Waals surface area contributed by atoms with Gasteiger partial charge in [-0.3, -0.25) is 14.4 Å². The van der Waals surface area contributed by atoms with Gasteiger partial charge in [0.1, 0.15) is 0 Å².